The molecule has 3 nitrogen and oxygen atoms in total. The zero-order chi connectivity index (χ0) is 14.2. The maximum absolute atomic E-state index is 10.5. The Balaban J connectivity index is 2.30. The third-order valence-corrected chi connectivity index (χ3v) is 3.57. The predicted octanol–water partition coefficient (Wildman–Crippen LogP) is 2.93. The maximum atomic E-state index is 10.5. The summed E-state index contributed by atoms with van der Waals surface area (Å²) in [7, 11) is 1.92. The van der Waals surface area contributed by atoms with Gasteiger partial charge in [-0.2, -0.15) is 5.10 Å². The average molecular weight is 258 g/mol. The molecule has 1 heterocycles. The number of benzene rings is 1. The summed E-state index contributed by atoms with van der Waals surface area (Å²) in [4.78, 5) is 0. The number of aliphatic hydroxyl groups is 1. The number of rotatable bonds is 3. The van der Waals surface area contributed by atoms with E-state index in [2.05, 4.69) is 38.0 Å². The third-order valence-electron chi connectivity index (χ3n) is 3.57. The molecule has 0 amide bonds. The molecule has 0 fully saturated rings. The van der Waals surface area contributed by atoms with Gasteiger partial charge < -0.3 is 5.11 Å². The first kappa shape index (κ1) is 13.8. The normalized spacial score (nSPS) is 12.7. The van der Waals surface area contributed by atoms with Crippen LogP contribution in [0.15, 0.2) is 18.2 Å². The molecule has 1 unspecified atom stereocenters. The molecule has 19 heavy (non-hydrogen) atoms. The quantitative estimate of drug-likeness (QED) is 0.919. The number of hydrogen-bond donors (Lipinski definition) is 1. The number of nitrogens with zero attached hydrogens (tertiary/aromatic N) is 2. The molecular formula is C16H22N2O. The second-order valence-electron chi connectivity index (χ2n) is 5.43. The average Bonchev–Trinajstić information content (AvgIpc) is 2.55. The van der Waals surface area contributed by atoms with Crippen LogP contribution < -0.4 is 0 Å². The second-order valence-corrected chi connectivity index (χ2v) is 5.43. The van der Waals surface area contributed by atoms with E-state index in [0.29, 0.717) is 6.42 Å². The Morgan fingerprint density at radius 3 is 2.16 bits per heavy atom. The Bertz CT molecular complexity index is 576. The summed E-state index contributed by atoms with van der Waals surface area (Å²) in [6.45, 7) is 8.18. The van der Waals surface area contributed by atoms with E-state index >= 15 is 0 Å². The summed E-state index contributed by atoms with van der Waals surface area (Å²) >= 11 is 0. The summed E-state index contributed by atoms with van der Waals surface area (Å²) in [6, 6.07) is 6.28. The van der Waals surface area contributed by atoms with Crippen molar-refractivity contribution in [3.05, 3.63) is 51.8 Å². The molecular weight excluding hydrogens is 236 g/mol. The third kappa shape index (κ3) is 2.87. The van der Waals surface area contributed by atoms with Crippen LogP contribution in [0.5, 0.6) is 0 Å². The van der Waals surface area contributed by atoms with Gasteiger partial charge in [-0.3, -0.25) is 4.68 Å². The van der Waals surface area contributed by atoms with Crippen LogP contribution in [0.4, 0.5) is 0 Å². The summed E-state index contributed by atoms with van der Waals surface area (Å²) in [5.74, 6) is 0. The van der Waals surface area contributed by atoms with Gasteiger partial charge in [0.15, 0.2) is 0 Å². The molecule has 0 saturated carbocycles. The summed E-state index contributed by atoms with van der Waals surface area (Å²) in [6.07, 6.45) is 0.123. The first-order valence-electron chi connectivity index (χ1n) is 6.64. The molecule has 1 atom stereocenters. The lowest BCUT2D eigenvalue weighted by Crippen LogP contribution is -2.09. The van der Waals surface area contributed by atoms with Gasteiger partial charge in [0.1, 0.15) is 0 Å². The molecule has 0 aliphatic carbocycles. The summed E-state index contributed by atoms with van der Waals surface area (Å²) < 4.78 is 1.84. The minimum absolute atomic E-state index is 0.476. The van der Waals surface area contributed by atoms with Crippen molar-refractivity contribution in [3.8, 4) is 0 Å². The molecule has 3 heteroatoms. The topological polar surface area (TPSA) is 38.1 Å². The van der Waals surface area contributed by atoms with Crippen molar-refractivity contribution in [3.63, 3.8) is 0 Å². The van der Waals surface area contributed by atoms with Gasteiger partial charge >= 0.3 is 0 Å². The summed E-state index contributed by atoms with van der Waals surface area (Å²) in [5.41, 5.74) is 6.64. The standard InChI is InChI=1S/C16H22N2O/c1-10-6-11(2)16(12(3)7-10)15(19)9-14-8-13(4)17-18(14)5/h6-8,15,19H,9H2,1-5H3. The van der Waals surface area contributed by atoms with Gasteiger partial charge in [-0.1, -0.05) is 17.7 Å². The molecule has 0 radical (unpaired) electrons. The van der Waals surface area contributed by atoms with Crippen LogP contribution in [-0.2, 0) is 13.5 Å². The van der Waals surface area contributed by atoms with Gasteiger partial charge in [0.05, 0.1) is 11.8 Å². The van der Waals surface area contributed by atoms with Crippen molar-refractivity contribution >= 4 is 0 Å². The molecule has 1 N–H and O–H groups in total. The maximum Gasteiger partial charge on any atom is 0.0850 e. The molecule has 0 aliphatic heterocycles. The van der Waals surface area contributed by atoms with Crippen LogP contribution in [-0.4, -0.2) is 14.9 Å². The highest BCUT2D eigenvalue weighted by Gasteiger charge is 2.16. The van der Waals surface area contributed by atoms with Gasteiger partial charge in [-0.15, -0.1) is 0 Å². The lowest BCUT2D eigenvalue weighted by atomic mass is 9.93. The number of aryl methyl sites for hydroxylation is 5. The Labute approximate surface area is 114 Å². The molecule has 1 aromatic heterocycles. The van der Waals surface area contributed by atoms with Gasteiger partial charge in [-0.05, 0) is 50.5 Å². The van der Waals surface area contributed by atoms with E-state index in [1.807, 2.05) is 24.7 Å². The lowest BCUT2D eigenvalue weighted by Gasteiger charge is -2.17. The van der Waals surface area contributed by atoms with E-state index in [1.165, 1.54) is 5.56 Å². The van der Waals surface area contributed by atoms with Crippen LogP contribution in [0.1, 0.15) is 39.7 Å². The zero-order valence-corrected chi connectivity index (χ0v) is 12.4. The highest BCUT2D eigenvalue weighted by molar-refractivity contribution is 5.39. The molecule has 0 bridgehead atoms. The molecule has 1 aromatic carbocycles. The Morgan fingerprint density at radius 2 is 1.68 bits per heavy atom. The van der Waals surface area contributed by atoms with Crippen LogP contribution in [0, 0.1) is 27.7 Å². The fourth-order valence-corrected chi connectivity index (χ4v) is 2.87. The highest BCUT2D eigenvalue weighted by Crippen LogP contribution is 2.26. The van der Waals surface area contributed by atoms with Crippen molar-refractivity contribution in [2.75, 3.05) is 0 Å². The van der Waals surface area contributed by atoms with Crippen molar-refractivity contribution < 1.29 is 5.11 Å². The predicted molar refractivity (Wildman–Crippen MR) is 77.3 cm³/mol. The minimum Gasteiger partial charge on any atom is -0.388 e. The van der Waals surface area contributed by atoms with E-state index in [1.54, 1.807) is 0 Å². The fraction of sp³-hybridized carbons (Fsp3) is 0.438. The van der Waals surface area contributed by atoms with Crippen LogP contribution in [0.2, 0.25) is 0 Å². The largest absolute Gasteiger partial charge is 0.388 e. The number of aromatic nitrogens is 2. The smallest absolute Gasteiger partial charge is 0.0850 e. The molecule has 0 spiro atoms. The van der Waals surface area contributed by atoms with Crippen LogP contribution >= 0.6 is 0 Å². The van der Waals surface area contributed by atoms with Gasteiger partial charge in [-0.25, -0.2) is 0 Å². The minimum atomic E-state index is -0.476. The van der Waals surface area contributed by atoms with Crippen LogP contribution in [0.25, 0.3) is 0 Å². The highest BCUT2D eigenvalue weighted by atomic mass is 16.3. The Morgan fingerprint density at radius 1 is 1.11 bits per heavy atom. The van der Waals surface area contributed by atoms with Crippen molar-refractivity contribution in [2.24, 2.45) is 7.05 Å². The van der Waals surface area contributed by atoms with Gasteiger partial charge in [0, 0.05) is 19.2 Å². The molecule has 2 aromatic rings. The molecule has 102 valence electrons. The SMILES string of the molecule is Cc1cc(C)c(C(O)Cc2cc(C)nn2C)c(C)c1. The number of aliphatic hydroxyl groups excluding tert-OH is 1. The van der Waals surface area contributed by atoms with Crippen molar-refractivity contribution in [1.82, 2.24) is 9.78 Å². The molecule has 0 aliphatic rings. The van der Waals surface area contributed by atoms with Gasteiger partial charge in [0.2, 0.25) is 0 Å². The van der Waals surface area contributed by atoms with E-state index in [9.17, 15) is 5.11 Å². The zero-order valence-electron chi connectivity index (χ0n) is 12.4. The molecule has 0 saturated heterocycles. The lowest BCUT2D eigenvalue weighted by molar-refractivity contribution is 0.174. The Kier molecular flexibility index (Phi) is 3.76. The monoisotopic (exact) mass is 258 g/mol. The van der Waals surface area contributed by atoms with E-state index in [0.717, 1.165) is 28.1 Å². The van der Waals surface area contributed by atoms with E-state index in [4.69, 9.17) is 0 Å². The number of hydrogen-bond acceptors (Lipinski definition) is 2. The van der Waals surface area contributed by atoms with Crippen molar-refractivity contribution in [2.45, 2.75) is 40.2 Å². The second kappa shape index (κ2) is 5.17. The fourth-order valence-electron chi connectivity index (χ4n) is 2.87. The van der Waals surface area contributed by atoms with E-state index in [-0.39, 0.29) is 0 Å². The van der Waals surface area contributed by atoms with E-state index < -0.39 is 6.10 Å². The first-order valence-corrected chi connectivity index (χ1v) is 6.64. The molecule has 2 rings (SSSR count). The Hall–Kier alpha value is -1.61. The first-order chi connectivity index (χ1) is 8.88. The van der Waals surface area contributed by atoms with Gasteiger partial charge in [0.25, 0.3) is 0 Å². The van der Waals surface area contributed by atoms with Crippen molar-refractivity contribution in [1.29, 1.82) is 0 Å². The van der Waals surface area contributed by atoms with Crippen LogP contribution in [0.3, 0.4) is 0 Å². The summed E-state index contributed by atoms with van der Waals surface area (Å²) in [5, 5.41) is 14.8.